The van der Waals surface area contributed by atoms with Gasteiger partial charge in [0.05, 0.1) is 17.1 Å². The van der Waals surface area contributed by atoms with Gasteiger partial charge in [-0.15, -0.1) is 0 Å². The minimum absolute atomic E-state index is 0.0297. The molecule has 10 heteroatoms. The van der Waals surface area contributed by atoms with Crippen LogP contribution in [0.25, 0.3) is 0 Å². The first kappa shape index (κ1) is 17.4. The molecule has 21 heavy (non-hydrogen) atoms. The van der Waals surface area contributed by atoms with E-state index in [1.165, 1.54) is 6.07 Å². The zero-order valence-corrected chi connectivity index (χ0v) is 12.7. The molecule has 2 amide bonds. The number of nitrogens with two attached hydrogens (primary N) is 1. The van der Waals surface area contributed by atoms with Gasteiger partial charge in [0.25, 0.3) is 0 Å². The van der Waals surface area contributed by atoms with Crippen LogP contribution >= 0.6 is 28.1 Å². The molecule has 0 spiro atoms. The lowest BCUT2D eigenvalue weighted by Gasteiger charge is -2.11. The second kappa shape index (κ2) is 6.85. The Bertz CT molecular complexity index is 593. The number of nitrogens with one attached hydrogen (secondary N) is 2. The molecule has 0 aromatic heterocycles. The molecule has 0 aliphatic rings. The summed E-state index contributed by atoms with van der Waals surface area (Å²) >= 11 is 7.40. The molecule has 5 nitrogen and oxygen atoms in total. The molecule has 1 aromatic rings. The van der Waals surface area contributed by atoms with Crippen LogP contribution in [0.15, 0.2) is 22.7 Å². The third kappa shape index (κ3) is 5.68. The highest BCUT2D eigenvalue weighted by atomic mass is 79.9. The van der Waals surface area contributed by atoms with E-state index < -0.39 is 23.6 Å². The highest BCUT2D eigenvalue weighted by molar-refractivity contribution is 9.10. The zero-order valence-electron chi connectivity index (χ0n) is 10.3. The zero-order chi connectivity index (χ0) is 16.2. The molecule has 0 saturated carbocycles. The summed E-state index contributed by atoms with van der Waals surface area (Å²) in [7, 11) is 0. The van der Waals surface area contributed by atoms with Crippen molar-refractivity contribution in [1.82, 2.24) is 5.32 Å². The number of thiocarbonyl (C=S) groups is 1. The summed E-state index contributed by atoms with van der Waals surface area (Å²) < 4.78 is 37.9. The molecule has 0 radical (unpaired) electrons. The summed E-state index contributed by atoms with van der Waals surface area (Å²) in [6, 6.07) is 2.79. The number of anilines is 1. The predicted molar refractivity (Wildman–Crippen MR) is 77.6 cm³/mol. The Kier molecular flexibility index (Phi) is 5.67. The van der Waals surface area contributed by atoms with Crippen molar-refractivity contribution in [3.8, 4) is 0 Å². The molecule has 1 rings (SSSR count). The third-order valence-corrected chi connectivity index (χ3v) is 2.71. The quantitative estimate of drug-likeness (QED) is 0.548. The summed E-state index contributed by atoms with van der Waals surface area (Å²) in [5, 5.41) is 4.16. The summed E-state index contributed by atoms with van der Waals surface area (Å²) in [6.45, 7) is -0.187. The van der Waals surface area contributed by atoms with Crippen molar-refractivity contribution in [2.75, 3.05) is 11.9 Å². The van der Waals surface area contributed by atoms with Crippen molar-refractivity contribution in [3.05, 3.63) is 28.2 Å². The standard InChI is InChI=1S/C11H9BrF3N3O2S/c12-6-1-5(11(13,14)15)2-7(3-6)18-10(20)9(19)17-4-8(16)21/h1-3H,4H2,(H2,16,21)(H,17,19)(H,18,20). The number of hydrogen-bond acceptors (Lipinski definition) is 3. The Hall–Kier alpha value is -1.68. The van der Waals surface area contributed by atoms with Crippen LogP contribution in [0.1, 0.15) is 5.56 Å². The minimum atomic E-state index is -4.57. The van der Waals surface area contributed by atoms with Crippen LogP contribution < -0.4 is 16.4 Å². The molecule has 0 saturated heterocycles. The van der Waals surface area contributed by atoms with Gasteiger partial charge < -0.3 is 16.4 Å². The molecule has 1 aromatic carbocycles. The maximum Gasteiger partial charge on any atom is 0.416 e. The first-order chi connectivity index (χ1) is 9.59. The molecule has 4 N–H and O–H groups in total. The van der Waals surface area contributed by atoms with Crippen LogP contribution in [0.4, 0.5) is 18.9 Å². The van der Waals surface area contributed by atoms with Crippen molar-refractivity contribution in [2.45, 2.75) is 6.18 Å². The van der Waals surface area contributed by atoms with Crippen LogP contribution in [0, 0.1) is 0 Å². The van der Waals surface area contributed by atoms with Crippen molar-refractivity contribution >= 4 is 50.6 Å². The lowest BCUT2D eigenvalue weighted by atomic mass is 10.2. The topological polar surface area (TPSA) is 84.2 Å². The summed E-state index contributed by atoms with van der Waals surface area (Å²) in [4.78, 5) is 22.8. The Balaban J connectivity index is 2.83. The monoisotopic (exact) mass is 383 g/mol. The van der Waals surface area contributed by atoms with E-state index in [1.54, 1.807) is 0 Å². The van der Waals surface area contributed by atoms with E-state index in [0.29, 0.717) is 6.07 Å². The first-order valence-corrected chi connectivity index (χ1v) is 6.55. The first-order valence-electron chi connectivity index (χ1n) is 5.35. The van der Waals surface area contributed by atoms with E-state index in [4.69, 9.17) is 5.73 Å². The van der Waals surface area contributed by atoms with Gasteiger partial charge in [0.2, 0.25) is 0 Å². The number of halogens is 4. The SMILES string of the molecule is NC(=S)CNC(=O)C(=O)Nc1cc(Br)cc(C(F)(F)F)c1. The average Bonchev–Trinajstić information content (AvgIpc) is 2.33. The summed E-state index contributed by atoms with van der Waals surface area (Å²) in [6.07, 6.45) is -4.57. The predicted octanol–water partition coefficient (Wildman–Crippen LogP) is 1.81. The number of amides is 2. The maximum absolute atomic E-state index is 12.6. The Morgan fingerprint density at radius 1 is 1.24 bits per heavy atom. The fraction of sp³-hybridized carbons (Fsp3) is 0.182. The number of hydrogen-bond donors (Lipinski definition) is 3. The van der Waals surface area contributed by atoms with Gasteiger partial charge in [-0.05, 0) is 18.2 Å². The lowest BCUT2D eigenvalue weighted by Crippen LogP contribution is -2.39. The Morgan fingerprint density at radius 2 is 1.86 bits per heavy atom. The molecule has 0 heterocycles. The van der Waals surface area contributed by atoms with Gasteiger partial charge in [-0.2, -0.15) is 13.2 Å². The number of benzene rings is 1. The fourth-order valence-corrected chi connectivity index (χ4v) is 1.83. The molecule has 0 aliphatic carbocycles. The van der Waals surface area contributed by atoms with Gasteiger partial charge in [0.1, 0.15) is 0 Å². The molecule has 0 bridgehead atoms. The van der Waals surface area contributed by atoms with E-state index in [9.17, 15) is 22.8 Å². The van der Waals surface area contributed by atoms with E-state index in [-0.39, 0.29) is 21.7 Å². The number of rotatable bonds is 3. The van der Waals surface area contributed by atoms with Crippen LogP contribution in [0.5, 0.6) is 0 Å². The normalized spacial score (nSPS) is 10.9. The van der Waals surface area contributed by atoms with Gasteiger partial charge in [-0.3, -0.25) is 9.59 Å². The van der Waals surface area contributed by atoms with E-state index >= 15 is 0 Å². The maximum atomic E-state index is 12.6. The number of alkyl halides is 3. The largest absolute Gasteiger partial charge is 0.416 e. The average molecular weight is 384 g/mol. The Labute approximate surface area is 131 Å². The summed E-state index contributed by atoms with van der Waals surface area (Å²) in [5.41, 5.74) is 4.00. The third-order valence-electron chi connectivity index (χ3n) is 2.11. The number of carbonyl (C=O) groups excluding carboxylic acids is 2. The second-order valence-corrected chi connectivity index (χ2v) is 5.27. The van der Waals surface area contributed by atoms with Crippen molar-refractivity contribution < 1.29 is 22.8 Å². The highest BCUT2D eigenvalue weighted by Gasteiger charge is 2.31. The molecule has 114 valence electrons. The van der Waals surface area contributed by atoms with Gasteiger partial charge in [-0.25, -0.2) is 0 Å². The summed E-state index contributed by atoms with van der Waals surface area (Å²) in [5.74, 6) is -2.19. The molecule has 0 aliphatic heterocycles. The van der Waals surface area contributed by atoms with E-state index in [1.807, 2.05) is 0 Å². The van der Waals surface area contributed by atoms with E-state index in [0.717, 1.165) is 6.07 Å². The van der Waals surface area contributed by atoms with Crippen LogP contribution in [-0.2, 0) is 15.8 Å². The molecule has 0 atom stereocenters. The highest BCUT2D eigenvalue weighted by Crippen LogP contribution is 2.33. The molecule has 0 unspecified atom stereocenters. The van der Waals surface area contributed by atoms with Gasteiger partial charge in [0.15, 0.2) is 0 Å². The van der Waals surface area contributed by atoms with Crippen LogP contribution in [0.2, 0.25) is 0 Å². The van der Waals surface area contributed by atoms with Crippen LogP contribution in [-0.4, -0.2) is 23.3 Å². The molecular formula is C11H9BrF3N3O2S. The van der Waals surface area contributed by atoms with Gasteiger partial charge in [0, 0.05) is 10.2 Å². The molecular weight excluding hydrogens is 375 g/mol. The van der Waals surface area contributed by atoms with Gasteiger partial charge >= 0.3 is 18.0 Å². The van der Waals surface area contributed by atoms with Crippen LogP contribution in [0.3, 0.4) is 0 Å². The van der Waals surface area contributed by atoms with Crippen molar-refractivity contribution in [2.24, 2.45) is 5.73 Å². The molecule has 0 fully saturated rings. The van der Waals surface area contributed by atoms with Crippen molar-refractivity contribution in [3.63, 3.8) is 0 Å². The number of carbonyl (C=O) groups is 2. The smallest absolute Gasteiger partial charge is 0.392 e. The fourth-order valence-electron chi connectivity index (χ4n) is 1.26. The second-order valence-electron chi connectivity index (χ2n) is 3.83. The Morgan fingerprint density at radius 3 is 2.38 bits per heavy atom. The van der Waals surface area contributed by atoms with E-state index in [2.05, 4.69) is 38.8 Å². The minimum Gasteiger partial charge on any atom is -0.392 e. The van der Waals surface area contributed by atoms with Gasteiger partial charge in [-0.1, -0.05) is 28.1 Å². The lowest BCUT2D eigenvalue weighted by molar-refractivity contribution is -0.137. The van der Waals surface area contributed by atoms with Crippen molar-refractivity contribution in [1.29, 1.82) is 0 Å².